The zero-order chi connectivity index (χ0) is 30.9. The number of anilines is 1. The molecule has 2 aromatic carbocycles. The summed E-state index contributed by atoms with van der Waals surface area (Å²) in [5.74, 6) is -1.33. The number of nitrogens with one attached hydrogen (secondary N) is 2. The second-order valence-corrected chi connectivity index (χ2v) is 9.98. The van der Waals surface area contributed by atoms with Gasteiger partial charge in [-0.15, -0.1) is 0 Å². The van der Waals surface area contributed by atoms with Gasteiger partial charge in [-0.2, -0.15) is 26.3 Å². The molecule has 230 valence electrons. The van der Waals surface area contributed by atoms with Gasteiger partial charge in [0.05, 0.1) is 31.0 Å². The van der Waals surface area contributed by atoms with Gasteiger partial charge in [-0.25, -0.2) is 9.18 Å². The van der Waals surface area contributed by atoms with E-state index >= 15 is 0 Å². The molecule has 0 aromatic heterocycles. The van der Waals surface area contributed by atoms with E-state index in [1.165, 1.54) is 17.0 Å². The van der Waals surface area contributed by atoms with Crippen molar-refractivity contribution in [3.63, 3.8) is 0 Å². The van der Waals surface area contributed by atoms with Crippen LogP contribution in [0.25, 0.3) is 0 Å². The number of carbonyl (C=O) groups is 2. The van der Waals surface area contributed by atoms with Crippen LogP contribution in [0.3, 0.4) is 0 Å². The number of hydrogen-bond donors (Lipinski definition) is 4. The van der Waals surface area contributed by atoms with Crippen LogP contribution in [0, 0.1) is 5.82 Å². The summed E-state index contributed by atoms with van der Waals surface area (Å²) in [6.07, 6.45) is -12.8. The number of ether oxygens (including phenoxy) is 1. The molecule has 0 radical (unpaired) electrons. The van der Waals surface area contributed by atoms with Crippen LogP contribution in [0.4, 0.5) is 41.2 Å². The number of halogens is 7. The van der Waals surface area contributed by atoms with Crippen molar-refractivity contribution in [2.24, 2.45) is 0 Å². The minimum Gasteiger partial charge on any atom is -0.388 e. The first kappa shape index (κ1) is 31.5. The number of benzene rings is 2. The number of piperazine rings is 1. The molecule has 9 nitrogen and oxygen atoms in total. The lowest BCUT2D eigenvalue weighted by atomic mass is 9.91. The molecule has 2 aliphatic heterocycles. The first-order valence-corrected chi connectivity index (χ1v) is 12.7. The minimum atomic E-state index is -5.97. The Morgan fingerprint density at radius 2 is 1.55 bits per heavy atom. The fraction of sp³-hybridized carbons (Fsp3) is 0.462. The monoisotopic (exact) mass is 608 g/mol. The van der Waals surface area contributed by atoms with Crippen LogP contribution in [-0.2, 0) is 16.9 Å². The van der Waals surface area contributed by atoms with Gasteiger partial charge in [-0.1, -0.05) is 24.3 Å². The molecule has 3 amide bonds. The van der Waals surface area contributed by atoms with Crippen LogP contribution in [0.15, 0.2) is 42.5 Å². The van der Waals surface area contributed by atoms with E-state index in [1.807, 2.05) is 4.90 Å². The molecule has 2 heterocycles. The standard InChI is InChI=1S/C26H27F7N4O5/c27-18-11-16(3-6-19(18)34-23(40)35-20-13-42-14-21(20)38)22(39)37-9-7-36(8-10-37)12-15-1-4-17(5-2-15)24(41,25(28,29)30)26(31,32)33/h1-6,11,20-21,38,41H,7-10,12-14H2,(H2,34,35,40)/t20-,21+/m0/s1. The Morgan fingerprint density at radius 3 is 2.07 bits per heavy atom. The Labute approximate surface area is 234 Å². The van der Waals surface area contributed by atoms with Gasteiger partial charge < -0.3 is 30.5 Å². The fourth-order valence-corrected chi connectivity index (χ4v) is 4.65. The summed E-state index contributed by atoms with van der Waals surface area (Å²) in [6.45, 7) is 1.42. The Morgan fingerprint density at radius 1 is 0.929 bits per heavy atom. The lowest BCUT2D eigenvalue weighted by molar-refractivity contribution is -0.376. The summed E-state index contributed by atoms with van der Waals surface area (Å²) >= 11 is 0. The van der Waals surface area contributed by atoms with Crippen molar-refractivity contribution < 1.29 is 55.3 Å². The second kappa shape index (κ2) is 12.0. The third-order valence-corrected chi connectivity index (χ3v) is 7.09. The van der Waals surface area contributed by atoms with Crippen molar-refractivity contribution in [3.8, 4) is 0 Å². The highest BCUT2D eigenvalue weighted by Gasteiger charge is 2.71. The van der Waals surface area contributed by atoms with Crippen LogP contribution in [0.2, 0.25) is 0 Å². The number of amides is 3. The molecule has 16 heteroatoms. The highest BCUT2D eigenvalue weighted by atomic mass is 19.4. The molecule has 0 bridgehead atoms. The predicted molar refractivity (Wildman–Crippen MR) is 133 cm³/mol. The molecule has 2 atom stereocenters. The normalized spacial score (nSPS) is 20.5. The molecule has 2 saturated heterocycles. The minimum absolute atomic E-state index is 0.0314. The fourth-order valence-electron chi connectivity index (χ4n) is 4.65. The average Bonchev–Trinajstić information content (AvgIpc) is 3.32. The molecule has 2 aliphatic rings. The molecule has 0 aliphatic carbocycles. The summed E-state index contributed by atoms with van der Waals surface area (Å²) in [5.41, 5.74) is -6.10. The lowest BCUT2D eigenvalue weighted by Gasteiger charge is -2.35. The Balaban J connectivity index is 1.30. The average molecular weight is 609 g/mol. The Bertz CT molecular complexity index is 1270. The van der Waals surface area contributed by atoms with Crippen molar-refractivity contribution in [2.75, 3.05) is 44.7 Å². The summed E-state index contributed by atoms with van der Waals surface area (Å²) < 4.78 is 98.2. The van der Waals surface area contributed by atoms with Crippen molar-refractivity contribution in [1.29, 1.82) is 0 Å². The number of hydrogen-bond acceptors (Lipinski definition) is 6. The molecule has 0 spiro atoms. The van der Waals surface area contributed by atoms with Crippen molar-refractivity contribution in [3.05, 3.63) is 65.0 Å². The topological polar surface area (TPSA) is 114 Å². The van der Waals surface area contributed by atoms with Crippen molar-refractivity contribution in [2.45, 2.75) is 36.6 Å². The van der Waals surface area contributed by atoms with Crippen LogP contribution < -0.4 is 10.6 Å². The Hall–Kier alpha value is -3.47. The SMILES string of the molecule is O=C(Nc1ccc(C(=O)N2CCN(Cc3ccc(C(O)(C(F)(F)F)C(F)(F)F)cc3)CC2)cc1F)N[C@H]1COC[C@H]1O. The van der Waals surface area contributed by atoms with E-state index in [0.29, 0.717) is 30.8 Å². The molecule has 0 unspecified atom stereocenters. The van der Waals surface area contributed by atoms with E-state index in [1.54, 1.807) is 0 Å². The summed E-state index contributed by atoms with van der Waals surface area (Å²) in [4.78, 5) is 28.3. The van der Waals surface area contributed by atoms with Gasteiger partial charge in [0.1, 0.15) is 5.82 Å². The lowest BCUT2D eigenvalue weighted by Crippen LogP contribution is -2.53. The summed E-state index contributed by atoms with van der Waals surface area (Å²) in [6, 6.07) is 5.44. The third-order valence-electron chi connectivity index (χ3n) is 7.09. The van der Waals surface area contributed by atoms with Crippen molar-refractivity contribution >= 4 is 17.6 Å². The van der Waals surface area contributed by atoms with Gasteiger partial charge >= 0.3 is 18.4 Å². The molecule has 0 saturated carbocycles. The third kappa shape index (κ3) is 6.61. The molecule has 42 heavy (non-hydrogen) atoms. The van der Waals surface area contributed by atoms with Gasteiger partial charge in [-0.3, -0.25) is 9.69 Å². The zero-order valence-corrected chi connectivity index (χ0v) is 21.8. The van der Waals surface area contributed by atoms with Gasteiger partial charge in [-0.05, 0) is 23.8 Å². The van der Waals surface area contributed by atoms with Gasteiger partial charge in [0, 0.05) is 43.9 Å². The largest absolute Gasteiger partial charge is 0.430 e. The van der Waals surface area contributed by atoms with E-state index in [-0.39, 0.29) is 44.1 Å². The molecule has 2 aromatic rings. The predicted octanol–water partition coefficient (Wildman–Crippen LogP) is 2.98. The maximum absolute atomic E-state index is 14.6. The highest BCUT2D eigenvalue weighted by molar-refractivity contribution is 5.95. The van der Waals surface area contributed by atoms with Gasteiger partial charge in [0.25, 0.3) is 11.5 Å². The smallest absolute Gasteiger partial charge is 0.388 e. The van der Waals surface area contributed by atoms with Crippen molar-refractivity contribution in [1.82, 2.24) is 15.1 Å². The molecule has 4 rings (SSSR count). The summed E-state index contributed by atoms with van der Waals surface area (Å²) in [7, 11) is 0. The van der Waals surface area contributed by atoms with Crippen LogP contribution in [0.1, 0.15) is 21.5 Å². The van der Waals surface area contributed by atoms with Crippen LogP contribution in [-0.4, -0.2) is 95.8 Å². The first-order chi connectivity index (χ1) is 19.6. The number of rotatable bonds is 6. The second-order valence-electron chi connectivity index (χ2n) is 9.98. The number of aliphatic hydroxyl groups excluding tert-OH is 1. The number of aliphatic hydroxyl groups is 2. The maximum atomic E-state index is 14.6. The van der Waals surface area contributed by atoms with E-state index in [9.17, 15) is 50.5 Å². The Kier molecular flexibility index (Phi) is 9.01. The summed E-state index contributed by atoms with van der Waals surface area (Å²) in [5, 5.41) is 24.0. The zero-order valence-electron chi connectivity index (χ0n) is 21.8. The van der Waals surface area contributed by atoms with E-state index < -0.39 is 53.4 Å². The van der Waals surface area contributed by atoms with Crippen LogP contribution >= 0.6 is 0 Å². The quantitative estimate of drug-likeness (QED) is 0.375. The highest BCUT2D eigenvalue weighted by Crippen LogP contribution is 2.50. The van der Waals surface area contributed by atoms with Crippen LogP contribution in [0.5, 0.6) is 0 Å². The van der Waals surface area contributed by atoms with E-state index in [4.69, 9.17) is 4.74 Å². The maximum Gasteiger partial charge on any atom is 0.430 e. The number of urea groups is 1. The molecule has 4 N–H and O–H groups in total. The van der Waals surface area contributed by atoms with Gasteiger partial charge in [0.15, 0.2) is 0 Å². The molecular formula is C26H27F7N4O5. The number of nitrogens with zero attached hydrogens (tertiary/aromatic N) is 2. The van der Waals surface area contributed by atoms with E-state index in [2.05, 4.69) is 10.6 Å². The van der Waals surface area contributed by atoms with E-state index in [0.717, 1.165) is 18.2 Å². The number of carbonyl (C=O) groups excluding carboxylic acids is 2. The first-order valence-electron chi connectivity index (χ1n) is 12.7. The molecular weight excluding hydrogens is 581 g/mol. The van der Waals surface area contributed by atoms with Gasteiger partial charge in [0.2, 0.25) is 0 Å². The number of alkyl halides is 6. The molecule has 2 fully saturated rings.